The fraction of sp³-hybridized carbons (Fsp3) is 0.529. The van der Waals surface area contributed by atoms with E-state index in [4.69, 9.17) is 18.0 Å². The number of hydrogen-bond donors (Lipinski definition) is 2. The molecule has 1 amide bonds. The summed E-state index contributed by atoms with van der Waals surface area (Å²) in [7, 11) is 0. The van der Waals surface area contributed by atoms with E-state index in [9.17, 15) is 4.79 Å². The van der Waals surface area contributed by atoms with Crippen LogP contribution in [-0.4, -0.2) is 10.9 Å². The summed E-state index contributed by atoms with van der Waals surface area (Å²) in [6, 6.07) is 5.75. The summed E-state index contributed by atoms with van der Waals surface area (Å²) < 4.78 is 0. The monoisotopic (exact) mass is 300 g/mol. The molecule has 4 rings (SSSR count). The van der Waals surface area contributed by atoms with Crippen molar-refractivity contribution < 1.29 is 4.79 Å². The SMILES string of the molecule is Cc1ccc(C(N)=S)cc1NC(=O)C1C2C3CCC(C3)C12. The predicted octanol–water partition coefficient (Wildman–Crippen LogP) is 2.86. The highest BCUT2D eigenvalue weighted by molar-refractivity contribution is 7.80. The van der Waals surface area contributed by atoms with Crippen molar-refractivity contribution in [3.8, 4) is 0 Å². The van der Waals surface area contributed by atoms with Crippen molar-refractivity contribution in [3.63, 3.8) is 0 Å². The number of carbonyl (C=O) groups is 1. The van der Waals surface area contributed by atoms with Crippen LogP contribution in [-0.2, 0) is 4.79 Å². The quantitative estimate of drug-likeness (QED) is 0.844. The standard InChI is InChI=1S/C17H20N2OS/c1-8-2-3-11(16(18)21)7-12(8)19-17(20)15-13-9-4-5-10(6-9)14(13)15/h2-3,7,9-10,13-15H,4-6H2,1H3,(H2,18,21)(H,19,20). The van der Waals surface area contributed by atoms with Crippen molar-refractivity contribution in [3.05, 3.63) is 29.3 Å². The molecular weight excluding hydrogens is 280 g/mol. The van der Waals surface area contributed by atoms with Gasteiger partial charge in [0, 0.05) is 17.2 Å². The molecule has 3 saturated carbocycles. The lowest BCUT2D eigenvalue weighted by atomic mass is 10.0. The lowest BCUT2D eigenvalue weighted by molar-refractivity contribution is -0.118. The van der Waals surface area contributed by atoms with E-state index in [1.807, 2.05) is 25.1 Å². The second-order valence-corrected chi connectivity index (χ2v) is 7.34. The fourth-order valence-corrected chi connectivity index (χ4v) is 4.93. The highest BCUT2D eigenvalue weighted by Crippen LogP contribution is 2.69. The molecule has 2 bridgehead atoms. The van der Waals surface area contributed by atoms with E-state index in [2.05, 4.69) is 5.32 Å². The van der Waals surface area contributed by atoms with E-state index >= 15 is 0 Å². The third kappa shape index (κ3) is 2.00. The second-order valence-electron chi connectivity index (χ2n) is 6.90. The summed E-state index contributed by atoms with van der Waals surface area (Å²) in [6.07, 6.45) is 4.05. The van der Waals surface area contributed by atoms with Crippen molar-refractivity contribution in [2.75, 3.05) is 5.32 Å². The highest BCUT2D eigenvalue weighted by Gasteiger charge is 2.67. The molecule has 4 heteroatoms. The Morgan fingerprint density at radius 3 is 2.57 bits per heavy atom. The van der Waals surface area contributed by atoms with Crippen LogP contribution in [0.15, 0.2) is 18.2 Å². The first-order chi connectivity index (χ1) is 10.1. The summed E-state index contributed by atoms with van der Waals surface area (Å²) in [5.74, 6) is 3.43. The van der Waals surface area contributed by atoms with E-state index in [1.165, 1.54) is 19.3 Å². The van der Waals surface area contributed by atoms with Gasteiger partial charge in [0.2, 0.25) is 5.91 Å². The molecule has 0 heterocycles. The van der Waals surface area contributed by atoms with Gasteiger partial charge in [-0.1, -0.05) is 24.4 Å². The van der Waals surface area contributed by atoms with E-state index in [-0.39, 0.29) is 11.8 Å². The van der Waals surface area contributed by atoms with Crippen molar-refractivity contribution in [1.82, 2.24) is 0 Å². The Morgan fingerprint density at radius 2 is 1.95 bits per heavy atom. The van der Waals surface area contributed by atoms with Gasteiger partial charge in [0.05, 0.1) is 0 Å². The average molecular weight is 300 g/mol. The number of amides is 1. The van der Waals surface area contributed by atoms with E-state index in [1.54, 1.807) is 0 Å². The Kier molecular flexibility index (Phi) is 2.86. The third-order valence-electron chi connectivity index (χ3n) is 5.82. The minimum atomic E-state index is 0.199. The number of thiocarbonyl (C=S) groups is 1. The van der Waals surface area contributed by atoms with Gasteiger partial charge >= 0.3 is 0 Å². The molecular formula is C17H20N2OS. The number of aryl methyl sites for hydroxylation is 1. The third-order valence-corrected chi connectivity index (χ3v) is 6.05. The molecule has 21 heavy (non-hydrogen) atoms. The van der Waals surface area contributed by atoms with E-state index in [0.717, 1.165) is 28.7 Å². The van der Waals surface area contributed by atoms with E-state index in [0.29, 0.717) is 16.8 Å². The molecule has 1 aromatic rings. The molecule has 0 saturated heterocycles. The molecule has 4 unspecified atom stereocenters. The van der Waals surface area contributed by atoms with Crippen molar-refractivity contribution in [2.24, 2.45) is 35.3 Å². The zero-order valence-corrected chi connectivity index (χ0v) is 13.0. The summed E-state index contributed by atoms with van der Waals surface area (Å²) >= 11 is 5.01. The van der Waals surface area contributed by atoms with Crippen LogP contribution in [0.2, 0.25) is 0 Å². The van der Waals surface area contributed by atoms with Crippen molar-refractivity contribution in [2.45, 2.75) is 26.2 Å². The fourth-order valence-electron chi connectivity index (χ4n) is 4.80. The second kappa shape index (κ2) is 4.54. The first kappa shape index (κ1) is 13.3. The van der Waals surface area contributed by atoms with Gasteiger partial charge in [-0.2, -0.15) is 0 Å². The van der Waals surface area contributed by atoms with Crippen LogP contribution < -0.4 is 11.1 Å². The van der Waals surface area contributed by atoms with Crippen LogP contribution in [0.4, 0.5) is 5.69 Å². The van der Waals surface area contributed by atoms with Crippen LogP contribution >= 0.6 is 12.2 Å². The van der Waals surface area contributed by atoms with Gasteiger partial charge in [-0.25, -0.2) is 0 Å². The van der Waals surface area contributed by atoms with Gasteiger partial charge in [-0.05, 0) is 61.5 Å². The topological polar surface area (TPSA) is 55.1 Å². The number of hydrogen-bond acceptors (Lipinski definition) is 2. The van der Waals surface area contributed by atoms with Gasteiger partial charge in [-0.3, -0.25) is 4.79 Å². The summed E-state index contributed by atoms with van der Waals surface area (Å²) in [4.78, 5) is 12.9. The normalized spacial score (nSPS) is 35.4. The van der Waals surface area contributed by atoms with Gasteiger partial charge in [0.15, 0.2) is 0 Å². The Hall–Kier alpha value is -1.42. The molecule has 3 nitrogen and oxygen atoms in total. The summed E-state index contributed by atoms with van der Waals surface area (Å²) in [5.41, 5.74) is 8.38. The molecule has 0 radical (unpaired) electrons. The van der Waals surface area contributed by atoms with Crippen LogP contribution in [0.25, 0.3) is 0 Å². The molecule has 3 aliphatic carbocycles. The molecule has 110 valence electrons. The number of carbonyl (C=O) groups excluding carboxylic acids is 1. The summed E-state index contributed by atoms with van der Waals surface area (Å²) in [5, 5.41) is 3.11. The predicted molar refractivity (Wildman–Crippen MR) is 87.0 cm³/mol. The number of rotatable bonds is 3. The highest BCUT2D eigenvalue weighted by atomic mass is 32.1. The van der Waals surface area contributed by atoms with Gasteiger partial charge in [0.1, 0.15) is 4.99 Å². The molecule has 0 aromatic heterocycles. The number of nitrogens with two attached hydrogens (primary N) is 1. The molecule has 3 N–H and O–H groups in total. The Bertz CT molecular complexity index is 626. The maximum Gasteiger partial charge on any atom is 0.228 e. The van der Waals surface area contributed by atoms with Crippen LogP contribution in [0, 0.1) is 36.5 Å². The van der Waals surface area contributed by atoms with Gasteiger partial charge in [-0.15, -0.1) is 0 Å². The minimum Gasteiger partial charge on any atom is -0.389 e. The maximum atomic E-state index is 12.6. The lowest BCUT2D eigenvalue weighted by Crippen LogP contribution is -2.19. The first-order valence-corrected chi connectivity index (χ1v) is 8.18. The molecule has 4 atom stereocenters. The molecule has 1 aromatic carbocycles. The van der Waals surface area contributed by atoms with Crippen LogP contribution in [0.3, 0.4) is 0 Å². The first-order valence-electron chi connectivity index (χ1n) is 7.77. The number of benzene rings is 1. The smallest absolute Gasteiger partial charge is 0.228 e. The largest absolute Gasteiger partial charge is 0.389 e. The number of fused-ring (bicyclic) bond motifs is 5. The molecule has 0 spiro atoms. The molecule has 3 aliphatic rings. The van der Waals surface area contributed by atoms with Gasteiger partial charge in [0.25, 0.3) is 0 Å². The van der Waals surface area contributed by atoms with Crippen LogP contribution in [0.1, 0.15) is 30.4 Å². The van der Waals surface area contributed by atoms with E-state index < -0.39 is 0 Å². The zero-order valence-electron chi connectivity index (χ0n) is 12.1. The minimum absolute atomic E-state index is 0.199. The average Bonchev–Trinajstić information content (AvgIpc) is 2.90. The Labute approximate surface area is 130 Å². The number of anilines is 1. The van der Waals surface area contributed by atoms with Crippen LogP contribution in [0.5, 0.6) is 0 Å². The molecule has 3 fully saturated rings. The zero-order chi connectivity index (χ0) is 14.7. The van der Waals surface area contributed by atoms with Crippen molar-refractivity contribution >= 4 is 28.8 Å². The maximum absolute atomic E-state index is 12.6. The van der Waals surface area contributed by atoms with Crippen molar-refractivity contribution in [1.29, 1.82) is 0 Å². The number of nitrogens with one attached hydrogen (secondary N) is 1. The molecule has 0 aliphatic heterocycles. The Morgan fingerprint density at radius 1 is 1.29 bits per heavy atom. The Balaban J connectivity index is 1.51. The lowest BCUT2D eigenvalue weighted by Gasteiger charge is -2.12. The summed E-state index contributed by atoms with van der Waals surface area (Å²) in [6.45, 7) is 2.00. The van der Waals surface area contributed by atoms with Gasteiger partial charge < -0.3 is 11.1 Å².